The molecule has 45 heavy (non-hydrogen) atoms. The zero-order valence-electron chi connectivity index (χ0n) is 24.8. The Bertz CT molecular complexity index is 1640. The summed E-state index contributed by atoms with van der Waals surface area (Å²) in [6, 6.07) is 17.9. The molecule has 1 heterocycles. The summed E-state index contributed by atoms with van der Waals surface area (Å²) >= 11 is 5.31. The number of nitrogens with zero attached hydrogens (tertiary/aromatic N) is 1. The minimum absolute atomic E-state index is 0.195. The number of amides is 1. The topological polar surface area (TPSA) is 157 Å². The Hall–Kier alpha value is -5.43. The van der Waals surface area contributed by atoms with E-state index < -0.39 is 23.9 Å². The van der Waals surface area contributed by atoms with Crippen LogP contribution in [0.1, 0.15) is 46.9 Å². The Morgan fingerprint density at radius 3 is 2.49 bits per heavy atom. The van der Waals surface area contributed by atoms with Gasteiger partial charge in [0.25, 0.3) is 5.91 Å². The Kier molecular flexibility index (Phi) is 11.1. The van der Waals surface area contributed by atoms with Crippen LogP contribution in [0.2, 0.25) is 0 Å². The largest absolute Gasteiger partial charge is 0.493 e. The zero-order valence-corrected chi connectivity index (χ0v) is 25.6. The number of hydrogen-bond donors (Lipinski definition) is 4. The molecule has 234 valence electrons. The van der Waals surface area contributed by atoms with Crippen molar-refractivity contribution in [1.82, 2.24) is 16.1 Å². The number of carboxylic acid groups (broad SMARTS) is 1. The molecule has 4 N–H and O–H groups in total. The summed E-state index contributed by atoms with van der Waals surface area (Å²) in [6.45, 7) is 3.54. The molecule has 0 saturated carbocycles. The van der Waals surface area contributed by atoms with Gasteiger partial charge in [-0.25, -0.2) is 15.0 Å². The van der Waals surface area contributed by atoms with E-state index in [1.165, 1.54) is 25.5 Å². The molecule has 1 atom stereocenters. The van der Waals surface area contributed by atoms with Gasteiger partial charge < -0.3 is 34.7 Å². The second-order valence-electron chi connectivity index (χ2n) is 9.61. The fourth-order valence-electron chi connectivity index (χ4n) is 4.40. The summed E-state index contributed by atoms with van der Waals surface area (Å²) in [4.78, 5) is 36.3. The highest BCUT2D eigenvalue weighted by Crippen LogP contribution is 2.33. The molecule has 1 aliphatic rings. The average molecular weight is 633 g/mol. The quantitative estimate of drug-likeness (QED) is 0.0939. The standard InChI is InChI=1S/C32H32N4O8S/c1-4-42-31(40)28-19(2)34-32(45)35-29(28)23-7-5-6-8-24(23)44-18-27(37)36-33-16-21-11-14-25(26(15-21)41-3)43-17-20-9-12-22(13-10-20)30(38)39/h5-16,29H,4,17-18H2,1-3H3,(H,36,37)(H,38,39)(H2,34,35,45)/t29-/m0/s1. The number of benzene rings is 3. The van der Waals surface area contributed by atoms with Crippen LogP contribution < -0.4 is 30.3 Å². The van der Waals surface area contributed by atoms with Gasteiger partial charge in [-0.3, -0.25) is 4.79 Å². The van der Waals surface area contributed by atoms with Gasteiger partial charge in [0.2, 0.25) is 0 Å². The normalized spacial score (nSPS) is 14.3. The van der Waals surface area contributed by atoms with E-state index in [9.17, 15) is 14.4 Å². The van der Waals surface area contributed by atoms with Gasteiger partial charge >= 0.3 is 11.9 Å². The molecule has 0 aliphatic carbocycles. The lowest BCUT2D eigenvalue weighted by Gasteiger charge is -2.30. The van der Waals surface area contributed by atoms with Gasteiger partial charge in [0.1, 0.15) is 12.4 Å². The van der Waals surface area contributed by atoms with Crippen molar-refractivity contribution in [3.05, 3.63) is 100 Å². The van der Waals surface area contributed by atoms with Gasteiger partial charge in [-0.15, -0.1) is 0 Å². The highest BCUT2D eigenvalue weighted by atomic mass is 32.1. The lowest BCUT2D eigenvalue weighted by Crippen LogP contribution is -2.45. The van der Waals surface area contributed by atoms with Crippen LogP contribution in [0.3, 0.4) is 0 Å². The number of carboxylic acids is 1. The van der Waals surface area contributed by atoms with E-state index in [1.54, 1.807) is 68.4 Å². The number of ether oxygens (including phenoxy) is 4. The molecule has 0 aromatic heterocycles. The molecule has 0 fully saturated rings. The van der Waals surface area contributed by atoms with Crippen molar-refractivity contribution < 1.29 is 38.4 Å². The van der Waals surface area contributed by atoms with E-state index in [4.69, 9.17) is 36.3 Å². The molecule has 1 aliphatic heterocycles. The molecule has 0 unspecified atom stereocenters. The van der Waals surface area contributed by atoms with E-state index in [-0.39, 0.29) is 25.4 Å². The third-order valence-corrected chi connectivity index (χ3v) is 6.76. The van der Waals surface area contributed by atoms with E-state index in [2.05, 4.69) is 21.2 Å². The van der Waals surface area contributed by atoms with Gasteiger partial charge in [-0.1, -0.05) is 30.3 Å². The number of methoxy groups -OCH3 is 1. The van der Waals surface area contributed by atoms with Crippen LogP contribution in [0.5, 0.6) is 17.2 Å². The first-order chi connectivity index (χ1) is 21.7. The minimum Gasteiger partial charge on any atom is -0.493 e. The number of hydrogen-bond acceptors (Lipinski definition) is 9. The maximum Gasteiger partial charge on any atom is 0.338 e. The first-order valence-corrected chi connectivity index (χ1v) is 14.2. The molecule has 12 nitrogen and oxygen atoms in total. The number of thiocarbonyl (C=S) groups is 1. The number of carbonyl (C=O) groups is 3. The highest BCUT2D eigenvalue weighted by Gasteiger charge is 2.32. The second kappa shape index (κ2) is 15.3. The van der Waals surface area contributed by atoms with Crippen LogP contribution in [-0.2, 0) is 20.9 Å². The Labute approximate surface area is 265 Å². The Morgan fingerprint density at radius 2 is 1.78 bits per heavy atom. The molecule has 13 heteroatoms. The first kappa shape index (κ1) is 32.5. The predicted molar refractivity (Wildman–Crippen MR) is 169 cm³/mol. The Balaban J connectivity index is 1.35. The SMILES string of the molecule is CCOC(=O)C1=C(C)NC(=S)N[C@H]1c1ccccc1OCC(=O)NN=Cc1ccc(OCc2ccc(C(=O)O)cc2)c(OC)c1. The van der Waals surface area contributed by atoms with E-state index in [0.29, 0.717) is 44.8 Å². The summed E-state index contributed by atoms with van der Waals surface area (Å²) in [5.74, 6) is -0.685. The van der Waals surface area contributed by atoms with Crippen LogP contribution in [0.25, 0.3) is 0 Å². The van der Waals surface area contributed by atoms with Crippen LogP contribution >= 0.6 is 12.2 Å². The lowest BCUT2D eigenvalue weighted by molar-refractivity contribution is -0.139. The van der Waals surface area contributed by atoms with Crippen LogP contribution in [0.4, 0.5) is 0 Å². The number of aromatic carboxylic acids is 1. The maximum atomic E-state index is 12.7. The Morgan fingerprint density at radius 1 is 1.02 bits per heavy atom. The third-order valence-electron chi connectivity index (χ3n) is 6.54. The summed E-state index contributed by atoms with van der Waals surface area (Å²) in [7, 11) is 1.50. The monoisotopic (exact) mass is 632 g/mol. The molecular weight excluding hydrogens is 600 g/mol. The number of carbonyl (C=O) groups excluding carboxylic acids is 2. The molecule has 0 saturated heterocycles. The highest BCUT2D eigenvalue weighted by molar-refractivity contribution is 7.80. The molecule has 0 spiro atoms. The fraction of sp³-hybridized carbons (Fsp3) is 0.219. The molecule has 0 radical (unpaired) electrons. The molecule has 0 bridgehead atoms. The summed E-state index contributed by atoms with van der Waals surface area (Å²) in [5, 5.41) is 19.4. The number of allylic oxidation sites excluding steroid dienone is 1. The number of hydrazone groups is 1. The fourth-order valence-corrected chi connectivity index (χ4v) is 4.67. The minimum atomic E-state index is -0.996. The van der Waals surface area contributed by atoms with Crippen molar-refractivity contribution in [2.75, 3.05) is 20.3 Å². The van der Waals surface area contributed by atoms with Gasteiger partial charge in [0.05, 0.1) is 37.1 Å². The van der Waals surface area contributed by atoms with Crippen molar-refractivity contribution in [2.45, 2.75) is 26.5 Å². The van der Waals surface area contributed by atoms with Gasteiger partial charge in [-0.2, -0.15) is 5.10 Å². The number of esters is 1. The smallest absolute Gasteiger partial charge is 0.338 e. The second-order valence-corrected chi connectivity index (χ2v) is 10.0. The summed E-state index contributed by atoms with van der Waals surface area (Å²) in [6.07, 6.45) is 1.45. The molecule has 3 aromatic carbocycles. The van der Waals surface area contributed by atoms with Gasteiger partial charge in [-0.05, 0) is 73.6 Å². The van der Waals surface area contributed by atoms with Crippen molar-refractivity contribution in [3.63, 3.8) is 0 Å². The molecule has 4 rings (SSSR count). The molecule has 1 amide bonds. The van der Waals surface area contributed by atoms with Gasteiger partial charge in [0, 0.05) is 11.3 Å². The third kappa shape index (κ3) is 8.57. The van der Waals surface area contributed by atoms with Crippen LogP contribution in [0, 0.1) is 0 Å². The van der Waals surface area contributed by atoms with Crippen molar-refractivity contribution in [3.8, 4) is 17.2 Å². The van der Waals surface area contributed by atoms with Crippen molar-refractivity contribution >= 4 is 41.4 Å². The number of para-hydroxylation sites is 1. The van der Waals surface area contributed by atoms with Crippen molar-refractivity contribution in [1.29, 1.82) is 0 Å². The van der Waals surface area contributed by atoms with E-state index in [1.807, 2.05) is 0 Å². The van der Waals surface area contributed by atoms with Crippen LogP contribution in [-0.4, -0.2) is 54.6 Å². The van der Waals surface area contributed by atoms with Crippen LogP contribution in [0.15, 0.2) is 83.1 Å². The number of rotatable bonds is 13. The average Bonchev–Trinajstić information content (AvgIpc) is 3.03. The summed E-state index contributed by atoms with van der Waals surface area (Å²) < 4.78 is 22.3. The predicted octanol–water partition coefficient (Wildman–Crippen LogP) is 3.86. The summed E-state index contributed by atoms with van der Waals surface area (Å²) in [5.41, 5.74) is 5.58. The molecule has 3 aromatic rings. The van der Waals surface area contributed by atoms with Gasteiger partial charge in [0.15, 0.2) is 23.2 Å². The number of nitrogens with one attached hydrogen (secondary N) is 3. The van der Waals surface area contributed by atoms with Crippen molar-refractivity contribution in [2.24, 2.45) is 5.10 Å². The molecular formula is C32H32N4O8S. The maximum absolute atomic E-state index is 12.7. The van der Waals surface area contributed by atoms with E-state index in [0.717, 1.165) is 5.56 Å². The zero-order chi connectivity index (χ0) is 32.3. The first-order valence-electron chi connectivity index (χ1n) is 13.8. The van der Waals surface area contributed by atoms with E-state index >= 15 is 0 Å². The lowest BCUT2D eigenvalue weighted by atomic mass is 9.95.